The first-order valence-electron chi connectivity index (χ1n) is 6.21. The summed E-state index contributed by atoms with van der Waals surface area (Å²) in [7, 11) is 0. The van der Waals surface area contributed by atoms with Crippen molar-refractivity contribution in [1.82, 2.24) is 0 Å². The van der Waals surface area contributed by atoms with Crippen molar-refractivity contribution in [2.45, 2.75) is 65.2 Å². The van der Waals surface area contributed by atoms with Crippen molar-refractivity contribution in [3.05, 3.63) is 0 Å². The van der Waals surface area contributed by atoms with E-state index in [0.29, 0.717) is 5.41 Å². The van der Waals surface area contributed by atoms with Gasteiger partial charge >= 0.3 is 0 Å². The molecule has 0 spiro atoms. The van der Waals surface area contributed by atoms with Crippen LogP contribution in [0.25, 0.3) is 0 Å². The predicted octanol–water partition coefficient (Wildman–Crippen LogP) is 4.39. The van der Waals surface area contributed by atoms with Crippen molar-refractivity contribution >= 4 is 0 Å². The van der Waals surface area contributed by atoms with Crippen LogP contribution in [0.3, 0.4) is 0 Å². The molecule has 0 aliphatic heterocycles. The highest BCUT2D eigenvalue weighted by Crippen LogP contribution is 2.49. The van der Waals surface area contributed by atoms with Gasteiger partial charge in [-0.15, -0.1) is 0 Å². The molecular weight excluding hydrogens is 156 g/mol. The fraction of sp³-hybridized carbons (Fsp3) is 1.00. The predicted molar refractivity (Wildman–Crippen MR) is 57.7 cm³/mol. The Morgan fingerprint density at radius 2 is 1.00 bits per heavy atom. The van der Waals surface area contributed by atoms with E-state index >= 15 is 0 Å². The molecule has 0 unspecified atom stereocenters. The molecular formula is C13H24. The third-order valence-corrected chi connectivity index (χ3v) is 4.81. The van der Waals surface area contributed by atoms with Crippen LogP contribution in [-0.2, 0) is 0 Å². The average molecular weight is 180 g/mol. The van der Waals surface area contributed by atoms with Gasteiger partial charge in [0.05, 0.1) is 0 Å². The van der Waals surface area contributed by atoms with E-state index in [0.717, 1.165) is 11.8 Å². The Labute approximate surface area is 83.1 Å². The first-order valence-corrected chi connectivity index (χ1v) is 6.21. The molecule has 0 radical (unpaired) electrons. The van der Waals surface area contributed by atoms with E-state index in [9.17, 15) is 0 Å². The summed E-state index contributed by atoms with van der Waals surface area (Å²) in [5, 5.41) is 0. The monoisotopic (exact) mass is 180 g/mol. The lowest BCUT2D eigenvalue weighted by Gasteiger charge is -2.37. The maximum absolute atomic E-state index is 2.54. The highest BCUT2D eigenvalue weighted by atomic mass is 14.4. The molecule has 0 atom stereocenters. The van der Waals surface area contributed by atoms with Gasteiger partial charge in [-0.05, 0) is 42.9 Å². The average Bonchev–Trinajstić information content (AvgIpc) is 2.32. The molecule has 2 aliphatic carbocycles. The van der Waals surface area contributed by atoms with E-state index in [-0.39, 0.29) is 0 Å². The molecule has 0 aromatic carbocycles. The van der Waals surface area contributed by atoms with Gasteiger partial charge < -0.3 is 0 Å². The highest BCUT2D eigenvalue weighted by molar-refractivity contribution is 4.89. The van der Waals surface area contributed by atoms with Gasteiger partial charge in [0.25, 0.3) is 0 Å². The van der Waals surface area contributed by atoms with Crippen LogP contribution in [0.5, 0.6) is 0 Å². The lowest BCUT2D eigenvalue weighted by Crippen LogP contribution is -2.29. The van der Waals surface area contributed by atoms with Crippen LogP contribution in [0.4, 0.5) is 0 Å². The standard InChI is InChI=1S/C13H24/c1-13(2)11-7-3-4-8-12(13)10-6-5-9-11/h11-12H,3-10H2,1-2H3. The van der Waals surface area contributed by atoms with Crippen molar-refractivity contribution < 1.29 is 0 Å². The van der Waals surface area contributed by atoms with Gasteiger partial charge in [-0.2, -0.15) is 0 Å². The van der Waals surface area contributed by atoms with E-state index in [1.54, 1.807) is 0 Å². The van der Waals surface area contributed by atoms with E-state index in [1.807, 2.05) is 0 Å². The minimum absolute atomic E-state index is 0.660. The summed E-state index contributed by atoms with van der Waals surface area (Å²) < 4.78 is 0. The van der Waals surface area contributed by atoms with Gasteiger partial charge in [0, 0.05) is 0 Å². The summed E-state index contributed by atoms with van der Waals surface area (Å²) in [6.45, 7) is 5.08. The van der Waals surface area contributed by atoms with E-state index in [2.05, 4.69) is 13.8 Å². The lowest BCUT2D eigenvalue weighted by molar-refractivity contribution is 0.121. The molecule has 0 heterocycles. The van der Waals surface area contributed by atoms with Gasteiger partial charge in [-0.3, -0.25) is 0 Å². The molecule has 2 bridgehead atoms. The Bertz CT molecular complexity index is 139. The zero-order valence-corrected chi connectivity index (χ0v) is 9.31. The molecule has 2 fully saturated rings. The molecule has 0 nitrogen and oxygen atoms in total. The second-order valence-electron chi connectivity index (χ2n) is 5.78. The maximum atomic E-state index is 2.54. The largest absolute Gasteiger partial charge is 0.0594 e. The quantitative estimate of drug-likeness (QED) is 0.518. The second-order valence-corrected chi connectivity index (χ2v) is 5.78. The minimum Gasteiger partial charge on any atom is -0.0594 e. The summed E-state index contributed by atoms with van der Waals surface area (Å²) in [6.07, 6.45) is 12.1. The van der Waals surface area contributed by atoms with Gasteiger partial charge in [0.1, 0.15) is 0 Å². The fourth-order valence-electron chi connectivity index (χ4n) is 3.67. The van der Waals surface area contributed by atoms with Crippen molar-refractivity contribution in [3.8, 4) is 0 Å². The third kappa shape index (κ3) is 1.78. The summed E-state index contributed by atoms with van der Waals surface area (Å²) in [6, 6.07) is 0. The van der Waals surface area contributed by atoms with Gasteiger partial charge in [0.15, 0.2) is 0 Å². The molecule has 0 aromatic heterocycles. The van der Waals surface area contributed by atoms with Crippen LogP contribution in [0.2, 0.25) is 0 Å². The number of hydrogen-bond acceptors (Lipinski definition) is 0. The first-order chi connectivity index (χ1) is 6.21. The van der Waals surface area contributed by atoms with Gasteiger partial charge in [-0.25, -0.2) is 0 Å². The number of rotatable bonds is 0. The van der Waals surface area contributed by atoms with E-state index in [4.69, 9.17) is 0 Å². The molecule has 0 aromatic rings. The van der Waals surface area contributed by atoms with Crippen molar-refractivity contribution in [1.29, 1.82) is 0 Å². The fourth-order valence-corrected chi connectivity index (χ4v) is 3.67. The third-order valence-electron chi connectivity index (χ3n) is 4.81. The van der Waals surface area contributed by atoms with Crippen molar-refractivity contribution in [2.75, 3.05) is 0 Å². The topological polar surface area (TPSA) is 0 Å². The Hall–Kier alpha value is 0. The highest BCUT2D eigenvalue weighted by Gasteiger charge is 2.39. The molecule has 0 amide bonds. The Kier molecular flexibility index (Phi) is 2.67. The van der Waals surface area contributed by atoms with Crippen molar-refractivity contribution in [2.24, 2.45) is 17.3 Å². The van der Waals surface area contributed by atoms with Crippen LogP contribution in [0.1, 0.15) is 65.2 Å². The van der Waals surface area contributed by atoms with Crippen LogP contribution >= 0.6 is 0 Å². The molecule has 2 saturated carbocycles. The molecule has 2 aliphatic rings. The maximum Gasteiger partial charge on any atom is -0.0298 e. The first kappa shape index (κ1) is 9.55. The van der Waals surface area contributed by atoms with Crippen LogP contribution in [0, 0.1) is 17.3 Å². The SMILES string of the molecule is CC1(C)C2CCCCC1CCCC2. The Morgan fingerprint density at radius 3 is 1.31 bits per heavy atom. The smallest absolute Gasteiger partial charge is 0.0298 e. The zero-order valence-electron chi connectivity index (χ0n) is 9.31. The molecule has 0 saturated heterocycles. The molecule has 0 N–H and O–H groups in total. The minimum atomic E-state index is 0.660. The Balaban J connectivity index is 2.19. The summed E-state index contributed by atoms with van der Waals surface area (Å²) in [5.74, 6) is 2.09. The molecule has 0 heteroatoms. The normalized spacial score (nSPS) is 39.2. The second kappa shape index (κ2) is 3.63. The molecule has 76 valence electrons. The van der Waals surface area contributed by atoms with E-state index < -0.39 is 0 Å². The van der Waals surface area contributed by atoms with Gasteiger partial charge in [-0.1, -0.05) is 39.5 Å². The van der Waals surface area contributed by atoms with Crippen LogP contribution in [-0.4, -0.2) is 0 Å². The van der Waals surface area contributed by atoms with E-state index in [1.165, 1.54) is 51.4 Å². The summed E-state index contributed by atoms with van der Waals surface area (Å²) in [5.41, 5.74) is 0.660. The molecule has 2 rings (SSSR count). The number of hydrogen-bond donors (Lipinski definition) is 0. The lowest BCUT2D eigenvalue weighted by atomic mass is 9.68. The zero-order chi connectivity index (χ0) is 9.31. The summed E-state index contributed by atoms with van der Waals surface area (Å²) >= 11 is 0. The molecule has 13 heavy (non-hydrogen) atoms. The van der Waals surface area contributed by atoms with Crippen LogP contribution < -0.4 is 0 Å². The van der Waals surface area contributed by atoms with Gasteiger partial charge in [0.2, 0.25) is 0 Å². The number of fused-ring (bicyclic) bond motifs is 2. The van der Waals surface area contributed by atoms with Crippen molar-refractivity contribution in [3.63, 3.8) is 0 Å². The Morgan fingerprint density at radius 1 is 0.692 bits per heavy atom. The summed E-state index contributed by atoms with van der Waals surface area (Å²) in [4.78, 5) is 0. The van der Waals surface area contributed by atoms with Crippen LogP contribution in [0.15, 0.2) is 0 Å².